The Bertz CT molecular complexity index is 547. The summed E-state index contributed by atoms with van der Waals surface area (Å²) < 4.78 is 0. The van der Waals surface area contributed by atoms with Crippen molar-refractivity contribution in [3.05, 3.63) is 29.8 Å². The van der Waals surface area contributed by atoms with Crippen molar-refractivity contribution < 1.29 is 4.79 Å². The first kappa shape index (κ1) is 14.5. The molecule has 1 fully saturated rings. The van der Waals surface area contributed by atoms with Crippen LogP contribution in [0.15, 0.2) is 24.3 Å². The first-order valence-electron chi connectivity index (χ1n) is 7.02. The summed E-state index contributed by atoms with van der Waals surface area (Å²) in [6.45, 7) is 8.21. The second-order valence-electron chi connectivity index (χ2n) is 6.01. The molecule has 20 heavy (non-hydrogen) atoms. The summed E-state index contributed by atoms with van der Waals surface area (Å²) in [5.74, 6) is 0.559. The van der Waals surface area contributed by atoms with E-state index in [0.29, 0.717) is 17.2 Å². The lowest BCUT2D eigenvalue weighted by Gasteiger charge is -2.49. The normalized spacial score (nSPS) is 22.1. The smallest absolute Gasteiger partial charge is 0.244 e. The first-order valence-corrected chi connectivity index (χ1v) is 7.02. The molecule has 0 aliphatic carbocycles. The second kappa shape index (κ2) is 5.64. The number of carbonyl (C=O) groups is 1. The van der Waals surface area contributed by atoms with Crippen molar-refractivity contribution in [2.45, 2.75) is 32.7 Å². The molecule has 4 nitrogen and oxygen atoms in total. The van der Waals surface area contributed by atoms with Crippen molar-refractivity contribution >= 4 is 11.6 Å². The van der Waals surface area contributed by atoms with E-state index in [9.17, 15) is 4.79 Å². The van der Waals surface area contributed by atoms with Gasteiger partial charge in [0.05, 0.1) is 17.2 Å². The monoisotopic (exact) mass is 271 g/mol. The van der Waals surface area contributed by atoms with Gasteiger partial charge in [0.25, 0.3) is 0 Å². The number of nitriles is 1. The van der Waals surface area contributed by atoms with Crippen LogP contribution in [-0.4, -0.2) is 29.4 Å². The Kier molecular flexibility index (Phi) is 4.10. The molecule has 1 N–H and O–H groups in total. The summed E-state index contributed by atoms with van der Waals surface area (Å²) in [7, 11) is 0. The van der Waals surface area contributed by atoms with Crippen LogP contribution in [0.1, 0.15) is 32.8 Å². The van der Waals surface area contributed by atoms with Gasteiger partial charge < -0.3 is 5.32 Å². The van der Waals surface area contributed by atoms with Crippen LogP contribution >= 0.6 is 0 Å². The van der Waals surface area contributed by atoms with E-state index in [1.54, 1.807) is 18.2 Å². The molecule has 1 heterocycles. The molecule has 0 aromatic heterocycles. The third-order valence-electron chi connectivity index (χ3n) is 3.89. The zero-order valence-electron chi connectivity index (χ0n) is 12.3. The fraction of sp³-hybridized carbons (Fsp3) is 0.500. The van der Waals surface area contributed by atoms with Crippen LogP contribution in [0.25, 0.3) is 0 Å². The third-order valence-corrected chi connectivity index (χ3v) is 3.89. The molecule has 4 heteroatoms. The highest BCUT2D eigenvalue weighted by atomic mass is 16.2. The standard InChI is InChI=1S/C16H21N3O/c1-12(2)11-19-8-7-16(19,3)15(20)18-14-6-4-5-13(9-14)10-17/h4-6,9,12H,7-8,11H2,1-3H3,(H,18,20). The predicted octanol–water partition coefficient (Wildman–Crippen LogP) is 2.62. The molecule has 0 radical (unpaired) electrons. The van der Waals surface area contributed by atoms with Gasteiger partial charge in [-0.05, 0) is 37.5 Å². The Morgan fingerprint density at radius 3 is 2.85 bits per heavy atom. The van der Waals surface area contributed by atoms with E-state index < -0.39 is 5.54 Å². The minimum absolute atomic E-state index is 0.0134. The molecule has 0 spiro atoms. The highest BCUT2D eigenvalue weighted by Gasteiger charge is 2.46. The Morgan fingerprint density at radius 2 is 2.30 bits per heavy atom. The van der Waals surface area contributed by atoms with Gasteiger partial charge in [-0.3, -0.25) is 9.69 Å². The molecule has 1 aliphatic rings. The van der Waals surface area contributed by atoms with Gasteiger partial charge in [-0.25, -0.2) is 0 Å². The molecule has 1 amide bonds. The summed E-state index contributed by atoms with van der Waals surface area (Å²) >= 11 is 0. The van der Waals surface area contributed by atoms with Crippen molar-refractivity contribution in [1.29, 1.82) is 5.26 Å². The van der Waals surface area contributed by atoms with E-state index >= 15 is 0 Å². The lowest BCUT2D eigenvalue weighted by atomic mass is 9.84. The number of likely N-dealkylation sites (tertiary alicyclic amines) is 1. The van der Waals surface area contributed by atoms with Crippen molar-refractivity contribution in [1.82, 2.24) is 4.90 Å². The molecule has 1 atom stereocenters. The van der Waals surface area contributed by atoms with E-state index in [4.69, 9.17) is 5.26 Å². The topological polar surface area (TPSA) is 56.1 Å². The van der Waals surface area contributed by atoms with Crippen LogP contribution in [0, 0.1) is 17.2 Å². The summed E-state index contributed by atoms with van der Waals surface area (Å²) in [4.78, 5) is 14.7. The number of carbonyl (C=O) groups excluding carboxylic acids is 1. The van der Waals surface area contributed by atoms with Gasteiger partial charge in [-0.1, -0.05) is 19.9 Å². The predicted molar refractivity (Wildman–Crippen MR) is 79.2 cm³/mol. The highest BCUT2D eigenvalue weighted by Crippen LogP contribution is 2.32. The average Bonchev–Trinajstić information content (AvgIpc) is 2.42. The maximum Gasteiger partial charge on any atom is 0.244 e. The van der Waals surface area contributed by atoms with Crippen molar-refractivity contribution in [2.75, 3.05) is 18.4 Å². The quantitative estimate of drug-likeness (QED) is 0.915. The van der Waals surface area contributed by atoms with Gasteiger partial charge in [0, 0.05) is 18.8 Å². The van der Waals surface area contributed by atoms with Crippen LogP contribution in [0.3, 0.4) is 0 Å². The Balaban J connectivity index is 2.06. The van der Waals surface area contributed by atoms with Crippen LogP contribution < -0.4 is 5.32 Å². The molecule has 1 aliphatic heterocycles. The molecule has 1 aromatic carbocycles. The number of hydrogen-bond acceptors (Lipinski definition) is 3. The van der Waals surface area contributed by atoms with Crippen LogP contribution in [0.2, 0.25) is 0 Å². The van der Waals surface area contributed by atoms with Gasteiger partial charge >= 0.3 is 0 Å². The highest BCUT2D eigenvalue weighted by molar-refractivity contribution is 5.98. The minimum Gasteiger partial charge on any atom is -0.324 e. The molecule has 0 saturated carbocycles. The number of rotatable bonds is 4. The molecular formula is C16H21N3O. The lowest BCUT2D eigenvalue weighted by molar-refractivity contribution is -0.136. The van der Waals surface area contributed by atoms with Gasteiger partial charge in [0.2, 0.25) is 5.91 Å². The Labute approximate surface area is 120 Å². The maximum atomic E-state index is 12.5. The SMILES string of the molecule is CC(C)CN1CCC1(C)C(=O)Nc1cccc(C#N)c1. The summed E-state index contributed by atoms with van der Waals surface area (Å²) in [6, 6.07) is 9.10. The van der Waals surface area contributed by atoms with E-state index in [2.05, 4.69) is 30.1 Å². The van der Waals surface area contributed by atoms with Crippen molar-refractivity contribution in [3.8, 4) is 6.07 Å². The van der Waals surface area contributed by atoms with E-state index in [-0.39, 0.29) is 5.91 Å². The molecule has 1 unspecified atom stereocenters. The fourth-order valence-corrected chi connectivity index (χ4v) is 2.53. The van der Waals surface area contributed by atoms with E-state index in [1.807, 2.05) is 13.0 Å². The molecule has 1 saturated heterocycles. The summed E-state index contributed by atoms with van der Waals surface area (Å²) in [6.07, 6.45) is 0.878. The maximum absolute atomic E-state index is 12.5. The average molecular weight is 271 g/mol. The molecule has 1 aromatic rings. The van der Waals surface area contributed by atoms with Crippen LogP contribution in [0.5, 0.6) is 0 Å². The van der Waals surface area contributed by atoms with Crippen molar-refractivity contribution in [2.24, 2.45) is 5.92 Å². The zero-order valence-corrected chi connectivity index (χ0v) is 12.3. The second-order valence-corrected chi connectivity index (χ2v) is 6.01. The van der Waals surface area contributed by atoms with Gasteiger partial charge in [0.15, 0.2) is 0 Å². The van der Waals surface area contributed by atoms with Crippen LogP contribution in [-0.2, 0) is 4.79 Å². The number of anilines is 1. The Hall–Kier alpha value is -1.86. The van der Waals surface area contributed by atoms with Gasteiger partial charge in [-0.2, -0.15) is 5.26 Å². The zero-order chi connectivity index (χ0) is 14.8. The largest absolute Gasteiger partial charge is 0.324 e. The summed E-state index contributed by atoms with van der Waals surface area (Å²) in [5, 5.41) is 11.8. The number of hydrogen-bond donors (Lipinski definition) is 1. The number of nitrogens with one attached hydrogen (secondary N) is 1. The Morgan fingerprint density at radius 1 is 1.55 bits per heavy atom. The third kappa shape index (κ3) is 2.83. The van der Waals surface area contributed by atoms with Gasteiger partial charge in [0.1, 0.15) is 0 Å². The van der Waals surface area contributed by atoms with Crippen molar-refractivity contribution in [3.63, 3.8) is 0 Å². The lowest BCUT2D eigenvalue weighted by Crippen LogP contribution is -2.64. The molecular weight excluding hydrogens is 250 g/mol. The minimum atomic E-state index is -0.424. The first-order chi connectivity index (χ1) is 9.45. The number of benzene rings is 1. The molecule has 2 rings (SSSR count). The summed E-state index contributed by atoms with van der Waals surface area (Å²) in [5.41, 5.74) is 0.819. The number of amides is 1. The van der Waals surface area contributed by atoms with Crippen LogP contribution in [0.4, 0.5) is 5.69 Å². The number of nitrogens with zero attached hydrogens (tertiary/aromatic N) is 2. The van der Waals surface area contributed by atoms with E-state index in [0.717, 1.165) is 19.5 Å². The fourth-order valence-electron chi connectivity index (χ4n) is 2.53. The van der Waals surface area contributed by atoms with E-state index in [1.165, 1.54) is 0 Å². The molecule has 0 bridgehead atoms. The molecule has 106 valence electrons. The van der Waals surface area contributed by atoms with Gasteiger partial charge in [-0.15, -0.1) is 0 Å².